The maximum atomic E-state index is 13.5. The molecular formula is C31H31NO7. The molecule has 0 spiro atoms. The van der Waals surface area contributed by atoms with Gasteiger partial charge in [0.25, 0.3) is 0 Å². The second-order valence-corrected chi connectivity index (χ2v) is 9.69. The first-order valence-corrected chi connectivity index (χ1v) is 13.0. The molecule has 0 radical (unpaired) electrons. The fraction of sp³-hybridized carbons (Fsp3) is 0.290. The predicted molar refractivity (Wildman–Crippen MR) is 148 cm³/mol. The molecule has 1 aliphatic rings. The van der Waals surface area contributed by atoms with Crippen LogP contribution in [-0.4, -0.2) is 48.3 Å². The number of fused-ring (bicyclic) bond motifs is 1. The normalized spacial score (nSPS) is 14.3. The lowest BCUT2D eigenvalue weighted by molar-refractivity contribution is -0.132. The van der Waals surface area contributed by atoms with Gasteiger partial charge < -0.3 is 29.0 Å². The van der Waals surface area contributed by atoms with Crippen LogP contribution in [0.15, 0.2) is 69.9 Å². The summed E-state index contributed by atoms with van der Waals surface area (Å²) in [4.78, 5) is 28.6. The zero-order valence-corrected chi connectivity index (χ0v) is 22.0. The van der Waals surface area contributed by atoms with Crippen LogP contribution in [0, 0.1) is 0 Å². The highest BCUT2D eigenvalue weighted by atomic mass is 16.5. The molecule has 39 heavy (non-hydrogen) atoms. The van der Waals surface area contributed by atoms with Crippen molar-refractivity contribution in [2.75, 3.05) is 27.3 Å². The van der Waals surface area contributed by atoms with Gasteiger partial charge >= 0.3 is 0 Å². The lowest BCUT2D eigenvalue weighted by Crippen LogP contribution is -2.36. The summed E-state index contributed by atoms with van der Waals surface area (Å²) in [5.41, 5.74) is 1.15. The third-order valence-electron chi connectivity index (χ3n) is 7.30. The number of piperidine rings is 1. The topological polar surface area (TPSA) is 109 Å². The van der Waals surface area contributed by atoms with Gasteiger partial charge in [0.05, 0.1) is 14.2 Å². The third kappa shape index (κ3) is 5.14. The van der Waals surface area contributed by atoms with E-state index in [2.05, 4.69) is 0 Å². The molecule has 0 saturated carbocycles. The zero-order valence-electron chi connectivity index (χ0n) is 22.0. The SMILES string of the molecule is COc1ccc(C(CC(=O)N2CCCCC2)c2c(O)cc(O)c3c(=O)cc(-c4ccccc4)oc23)cc1OC. The fourth-order valence-corrected chi connectivity index (χ4v) is 5.31. The summed E-state index contributed by atoms with van der Waals surface area (Å²) in [5.74, 6) is -0.201. The zero-order chi connectivity index (χ0) is 27.5. The highest BCUT2D eigenvalue weighted by Gasteiger charge is 2.30. The molecule has 8 heteroatoms. The first-order chi connectivity index (χ1) is 18.9. The van der Waals surface area contributed by atoms with Crippen molar-refractivity contribution < 1.29 is 28.9 Å². The second-order valence-electron chi connectivity index (χ2n) is 9.69. The van der Waals surface area contributed by atoms with E-state index in [0.29, 0.717) is 35.7 Å². The average Bonchev–Trinajstić information content (AvgIpc) is 2.96. The van der Waals surface area contributed by atoms with Crippen LogP contribution in [-0.2, 0) is 4.79 Å². The first-order valence-electron chi connectivity index (χ1n) is 13.0. The number of ether oxygens (including phenoxy) is 2. The van der Waals surface area contributed by atoms with Crippen molar-refractivity contribution in [3.05, 3.63) is 82.0 Å². The second kappa shape index (κ2) is 11.1. The number of carbonyl (C=O) groups is 1. The Morgan fingerprint density at radius 2 is 1.64 bits per heavy atom. The van der Waals surface area contributed by atoms with Crippen molar-refractivity contribution >= 4 is 16.9 Å². The Bertz CT molecular complexity index is 1560. The molecule has 1 fully saturated rings. The van der Waals surface area contributed by atoms with Gasteiger partial charge in [-0.25, -0.2) is 0 Å². The summed E-state index contributed by atoms with van der Waals surface area (Å²) in [6.45, 7) is 1.35. The molecule has 3 aromatic carbocycles. The minimum Gasteiger partial charge on any atom is -0.507 e. The van der Waals surface area contributed by atoms with Crippen molar-refractivity contribution in [1.29, 1.82) is 0 Å². The number of aromatic hydroxyl groups is 2. The number of nitrogens with zero attached hydrogens (tertiary/aromatic N) is 1. The largest absolute Gasteiger partial charge is 0.507 e. The average molecular weight is 530 g/mol. The smallest absolute Gasteiger partial charge is 0.223 e. The molecule has 1 atom stereocenters. The Labute approximate surface area is 226 Å². The van der Waals surface area contributed by atoms with Gasteiger partial charge in [-0.2, -0.15) is 0 Å². The van der Waals surface area contributed by atoms with E-state index < -0.39 is 17.1 Å². The lowest BCUT2D eigenvalue weighted by atomic mass is 9.85. The van der Waals surface area contributed by atoms with E-state index in [1.54, 1.807) is 30.3 Å². The molecule has 1 unspecified atom stereocenters. The number of carbonyl (C=O) groups excluding carboxylic acids is 1. The van der Waals surface area contributed by atoms with Crippen LogP contribution < -0.4 is 14.9 Å². The lowest BCUT2D eigenvalue weighted by Gasteiger charge is -2.29. The molecule has 202 valence electrons. The Hall–Kier alpha value is -4.46. The number of rotatable bonds is 7. The summed E-state index contributed by atoms with van der Waals surface area (Å²) < 4.78 is 17.2. The number of amides is 1. The molecule has 1 amide bonds. The van der Waals surface area contributed by atoms with Crippen LogP contribution in [0.5, 0.6) is 23.0 Å². The van der Waals surface area contributed by atoms with Crippen molar-refractivity contribution in [2.45, 2.75) is 31.6 Å². The summed E-state index contributed by atoms with van der Waals surface area (Å²) in [5, 5.41) is 21.8. The maximum absolute atomic E-state index is 13.5. The number of hydrogen-bond donors (Lipinski definition) is 2. The quantitative estimate of drug-likeness (QED) is 0.329. The van der Waals surface area contributed by atoms with Gasteiger partial charge in [-0.3, -0.25) is 9.59 Å². The molecule has 0 bridgehead atoms. The Morgan fingerprint density at radius 3 is 2.33 bits per heavy atom. The summed E-state index contributed by atoms with van der Waals surface area (Å²) in [6, 6.07) is 16.8. The number of methoxy groups -OCH3 is 2. The molecular weight excluding hydrogens is 498 g/mol. The third-order valence-corrected chi connectivity index (χ3v) is 7.30. The van der Waals surface area contributed by atoms with Crippen LogP contribution in [0.4, 0.5) is 0 Å². The van der Waals surface area contributed by atoms with E-state index in [-0.39, 0.29) is 40.4 Å². The van der Waals surface area contributed by atoms with Crippen molar-refractivity contribution in [3.8, 4) is 34.3 Å². The summed E-state index contributed by atoms with van der Waals surface area (Å²) in [6.07, 6.45) is 2.98. The van der Waals surface area contributed by atoms with E-state index in [0.717, 1.165) is 25.3 Å². The van der Waals surface area contributed by atoms with Gasteiger partial charge in [0, 0.05) is 48.7 Å². The number of hydrogen-bond acceptors (Lipinski definition) is 7. The summed E-state index contributed by atoms with van der Waals surface area (Å²) >= 11 is 0. The Morgan fingerprint density at radius 1 is 0.923 bits per heavy atom. The van der Waals surface area contributed by atoms with E-state index in [4.69, 9.17) is 13.9 Å². The van der Waals surface area contributed by atoms with Crippen LogP contribution in [0.2, 0.25) is 0 Å². The van der Waals surface area contributed by atoms with Crippen molar-refractivity contribution in [2.24, 2.45) is 0 Å². The molecule has 1 aromatic heterocycles. The molecule has 2 heterocycles. The summed E-state index contributed by atoms with van der Waals surface area (Å²) in [7, 11) is 3.06. The highest BCUT2D eigenvalue weighted by molar-refractivity contribution is 5.91. The van der Waals surface area contributed by atoms with Gasteiger partial charge in [-0.05, 0) is 37.0 Å². The molecule has 4 aromatic rings. The maximum Gasteiger partial charge on any atom is 0.223 e. The van der Waals surface area contributed by atoms with Crippen LogP contribution in [0.3, 0.4) is 0 Å². The minimum absolute atomic E-state index is 0.0161. The van der Waals surface area contributed by atoms with Gasteiger partial charge in [0.1, 0.15) is 28.2 Å². The Balaban J connectivity index is 1.74. The number of phenolic OH excluding ortho intramolecular Hbond substituents is 2. The molecule has 1 saturated heterocycles. The van der Waals surface area contributed by atoms with E-state index >= 15 is 0 Å². The molecule has 2 N–H and O–H groups in total. The molecule has 5 rings (SSSR count). The molecule has 1 aliphatic heterocycles. The van der Waals surface area contributed by atoms with Crippen LogP contribution in [0.1, 0.15) is 42.7 Å². The van der Waals surface area contributed by atoms with Crippen molar-refractivity contribution in [1.82, 2.24) is 4.90 Å². The van der Waals surface area contributed by atoms with E-state index in [1.165, 1.54) is 20.3 Å². The van der Waals surface area contributed by atoms with Gasteiger partial charge in [-0.15, -0.1) is 0 Å². The molecule has 8 nitrogen and oxygen atoms in total. The van der Waals surface area contributed by atoms with E-state index in [9.17, 15) is 19.8 Å². The van der Waals surface area contributed by atoms with Gasteiger partial charge in [0.2, 0.25) is 5.91 Å². The molecule has 0 aliphatic carbocycles. The Kier molecular flexibility index (Phi) is 7.45. The number of benzene rings is 3. The van der Waals surface area contributed by atoms with Crippen LogP contribution in [0.25, 0.3) is 22.3 Å². The van der Waals surface area contributed by atoms with Gasteiger partial charge in [0.15, 0.2) is 16.9 Å². The number of phenols is 2. The highest BCUT2D eigenvalue weighted by Crippen LogP contribution is 2.44. The monoisotopic (exact) mass is 529 g/mol. The minimum atomic E-state index is -0.712. The van der Waals surface area contributed by atoms with Crippen molar-refractivity contribution in [3.63, 3.8) is 0 Å². The standard InChI is InChI=1S/C31H31NO7/c1-37-25-12-11-20(15-27(25)38-2)21(16-28(36)32-13-7-4-8-14-32)29-22(33)17-23(34)30-24(35)18-26(39-31(29)30)19-9-5-3-6-10-19/h3,5-6,9-12,15,17-18,21,33-34H,4,7-8,13-14,16H2,1-2H3. The van der Waals surface area contributed by atoms with Crippen LogP contribution >= 0.6 is 0 Å². The fourth-order valence-electron chi connectivity index (χ4n) is 5.31. The first kappa shape index (κ1) is 26.2. The van der Waals surface area contributed by atoms with E-state index in [1.807, 2.05) is 23.1 Å². The number of likely N-dealkylation sites (tertiary alicyclic amines) is 1. The van der Waals surface area contributed by atoms with Gasteiger partial charge in [-0.1, -0.05) is 36.4 Å². The predicted octanol–water partition coefficient (Wildman–Crippen LogP) is 5.42.